The van der Waals surface area contributed by atoms with Gasteiger partial charge >= 0.3 is 0 Å². The van der Waals surface area contributed by atoms with Crippen LogP contribution < -0.4 is 5.32 Å². The summed E-state index contributed by atoms with van der Waals surface area (Å²) in [5, 5.41) is 8.03. The lowest BCUT2D eigenvalue weighted by molar-refractivity contribution is 0.102. The van der Waals surface area contributed by atoms with Crippen LogP contribution in [0.1, 0.15) is 71.1 Å². The maximum atomic E-state index is 13.3. The summed E-state index contributed by atoms with van der Waals surface area (Å²) in [5.41, 5.74) is 3.11. The molecule has 1 amide bonds. The first kappa shape index (κ1) is 27.6. The average molecular weight is 541 g/mol. The number of piperidine rings is 1. The highest BCUT2D eigenvalue weighted by atomic mass is 35.5. The monoisotopic (exact) mass is 539 g/mol. The molecule has 5 rings (SSSR count). The van der Waals surface area contributed by atoms with Gasteiger partial charge in [0.25, 0.3) is 5.91 Å². The molecule has 3 aromatic rings. The van der Waals surface area contributed by atoms with Crippen LogP contribution in [0.15, 0.2) is 30.5 Å². The first-order chi connectivity index (χ1) is 16.1. The van der Waals surface area contributed by atoms with E-state index < -0.39 is 0 Å². The van der Waals surface area contributed by atoms with Crippen molar-refractivity contribution in [2.75, 3.05) is 25.0 Å². The highest BCUT2D eigenvalue weighted by Gasteiger charge is 2.27. The second-order valence-corrected chi connectivity index (χ2v) is 10.2. The molecule has 35 heavy (non-hydrogen) atoms. The highest BCUT2D eigenvalue weighted by molar-refractivity contribution is 7.15. The van der Waals surface area contributed by atoms with Crippen molar-refractivity contribution in [3.05, 3.63) is 58.1 Å². The van der Waals surface area contributed by atoms with E-state index in [1.807, 2.05) is 6.92 Å². The number of nitrogens with zero attached hydrogens (tertiary/aromatic N) is 4. The van der Waals surface area contributed by atoms with E-state index in [-0.39, 0.29) is 36.5 Å². The van der Waals surface area contributed by atoms with Crippen molar-refractivity contribution in [2.24, 2.45) is 0 Å². The van der Waals surface area contributed by atoms with Crippen molar-refractivity contribution in [3.8, 4) is 5.69 Å². The van der Waals surface area contributed by atoms with Gasteiger partial charge in [-0.1, -0.05) is 12.8 Å². The van der Waals surface area contributed by atoms with Gasteiger partial charge in [-0.25, -0.2) is 14.1 Å². The maximum Gasteiger partial charge on any atom is 0.260 e. The van der Waals surface area contributed by atoms with Crippen LogP contribution in [0.5, 0.6) is 0 Å². The number of carbonyl (C=O) groups is 1. The molecule has 3 heterocycles. The van der Waals surface area contributed by atoms with Gasteiger partial charge in [0.2, 0.25) is 0 Å². The van der Waals surface area contributed by atoms with E-state index in [0.717, 1.165) is 18.7 Å². The molecule has 2 fully saturated rings. The summed E-state index contributed by atoms with van der Waals surface area (Å²) in [7, 11) is 0. The van der Waals surface area contributed by atoms with Gasteiger partial charge in [-0.2, -0.15) is 5.10 Å². The molecule has 1 saturated heterocycles. The molecule has 2 aliphatic rings. The first-order valence-corrected chi connectivity index (χ1v) is 12.7. The molecule has 6 nitrogen and oxygen atoms in total. The van der Waals surface area contributed by atoms with Crippen LogP contribution in [0.25, 0.3) is 5.69 Å². The fourth-order valence-corrected chi connectivity index (χ4v) is 5.71. The van der Waals surface area contributed by atoms with Crippen LogP contribution in [0.2, 0.25) is 0 Å². The molecule has 0 unspecified atom stereocenters. The Kier molecular flexibility index (Phi) is 9.69. The number of benzene rings is 1. The molecule has 1 N–H and O–H groups in total. The normalized spacial score (nSPS) is 16.2. The first-order valence-electron chi connectivity index (χ1n) is 11.9. The van der Waals surface area contributed by atoms with Crippen LogP contribution >= 0.6 is 36.2 Å². The number of hydrogen-bond acceptors (Lipinski definition) is 5. The van der Waals surface area contributed by atoms with Crippen LogP contribution in [-0.2, 0) is 6.42 Å². The Labute approximate surface area is 222 Å². The number of hydrogen-bond donors (Lipinski definition) is 1. The Morgan fingerprint density at radius 1 is 1.11 bits per heavy atom. The summed E-state index contributed by atoms with van der Waals surface area (Å²) >= 11 is 1.62. The third kappa shape index (κ3) is 6.23. The number of carbonyl (C=O) groups excluding carboxylic acids is 1. The summed E-state index contributed by atoms with van der Waals surface area (Å²) in [4.78, 5) is 21.8. The van der Waals surface area contributed by atoms with E-state index in [1.165, 1.54) is 74.3 Å². The topological polar surface area (TPSA) is 63.1 Å². The zero-order valence-corrected chi connectivity index (χ0v) is 22.3. The summed E-state index contributed by atoms with van der Waals surface area (Å²) in [6.45, 7) is 5.30. The molecule has 0 spiro atoms. The van der Waals surface area contributed by atoms with E-state index >= 15 is 0 Å². The Balaban J connectivity index is 0.00000171. The molecule has 0 bridgehead atoms. The van der Waals surface area contributed by atoms with Crippen molar-refractivity contribution in [3.63, 3.8) is 0 Å². The predicted octanol–water partition coefficient (Wildman–Crippen LogP) is 6.17. The van der Waals surface area contributed by atoms with Crippen molar-refractivity contribution < 1.29 is 9.18 Å². The van der Waals surface area contributed by atoms with Crippen LogP contribution in [0, 0.1) is 12.7 Å². The quantitative estimate of drug-likeness (QED) is 0.390. The molecule has 190 valence electrons. The summed E-state index contributed by atoms with van der Waals surface area (Å²) in [6, 6.07) is 6.08. The minimum Gasteiger partial charge on any atom is -0.303 e. The Hall–Kier alpha value is -2.00. The van der Waals surface area contributed by atoms with Gasteiger partial charge in [-0.15, -0.1) is 36.2 Å². The van der Waals surface area contributed by atoms with E-state index in [9.17, 15) is 9.18 Å². The second-order valence-electron chi connectivity index (χ2n) is 9.09. The molecule has 0 atom stereocenters. The SMILES string of the molecule is Cc1c(C(=O)Nc2nc(C3CCC3)c(CCN3CCCCC3)s2)cnn1-c1ccc(F)cc1.Cl.Cl. The lowest BCUT2D eigenvalue weighted by atomic mass is 9.82. The molecule has 10 heteroatoms. The minimum absolute atomic E-state index is 0. The largest absolute Gasteiger partial charge is 0.303 e. The van der Waals surface area contributed by atoms with E-state index in [0.29, 0.717) is 22.3 Å². The predicted molar refractivity (Wildman–Crippen MR) is 143 cm³/mol. The summed E-state index contributed by atoms with van der Waals surface area (Å²) < 4.78 is 14.9. The smallest absolute Gasteiger partial charge is 0.260 e. The summed E-state index contributed by atoms with van der Waals surface area (Å²) in [5.74, 6) is 0.0206. The lowest BCUT2D eigenvalue weighted by Gasteiger charge is -2.27. The Morgan fingerprint density at radius 3 is 2.49 bits per heavy atom. The zero-order chi connectivity index (χ0) is 22.8. The fraction of sp³-hybridized carbons (Fsp3) is 0.480. The molecule has 1 saturated carbocycles. The number of nitrogens with one attached hydrogen (secondary N) is 1. The highest BCUT2D eigenvalue weighted by Crippen LogP contribution is 2.40. The van der Waals surface area contributed by atoms with Crippen LogP contribution in [0.4, 0.5) is 9.52 Å². The number of halogens is 3. The molecule has 2 aromatic heterocycles. The van der Waals surface area contributed by atoms with Gasteiger partial charge in [0, 0.05) is 17.3 Å². The Bertz CT molecular complexity index is 1120. The minimum atomic E-state index is -0.302. The summed E-state index contributed by atoms with van der Waals surface area (Å²) in [6.07, 6.45) is 10.1. The number of rotatable bonds is 7. The van der Waals surface area contributed by atoms with E-state index in [4.69, 9.17) is 4.98 Å². The average Bonchev–Trinajstić information content (AvgIpc) is 3.35. The van der Waals surface area contributed by atoms with Crippen LogP contribution in [-0.4, -0.2) is 45.2 Å². The van der Waals surface area contributed by atoms with E-state index in [1.54, 1.807) is 34.3 Å². The van der Waals surface area contributed by atoms with Crippen molar-refractivity contribution in [1.29, 1.82) is 0 Å². The molecule has 0 radical (unpaired) electrons. The van der Waals surface area contributed by atoms with Crippen molar-refractivity contribution >= 4 is 47.2 Å². The molecule has 1 aliphatic heterocycles. The van der Waals surface area contributed by atoms with E-state index in [2.05, 4.69) is 15.3 Å². The van der Waals surface area contributed by atoms with Gasteiger partial charge in [-0.3, -0.25) is 10.1 Å². The van der Waals surface area contributed by atoms with Gasteiger partial charge in [0.05, 0.1) is 28.8 Å². The van der Waals surface area contributed by atoms with Crippen molar-refractivity contribution in [1.82, 2.24) is 19.7 Å². The molecule has 1 aromatic carbocycles. The van der Waals surface area contributed by atoms with Gasteiger partial charge < -0.3 is 4.90 Å². The zero-order valence-electron chi connectivity index (χ0n) is 19.8. The maximum absolute atomic E-state index is 13.3. The van der Waals surface area contributed by atoms with Crippen molar-refractivity contribution in [2.45, 2.75) is 57.8 Å². The second kappa shape index (κ2) is 12.3. The number of anilines is 1. The van der Waals surface area contributed by atoms with Gasteiger partial charge in [-0.05, 0) is 76.4 Å². The molecule has 1 aliphatic carbocycles. The number of likely N-dealkylation sites (tertiary alicyclic amines) is 1. The number of thiazole rings is 1. The number of aromatic nitrogens is 3. The fourth-order valence-electron chi connectivity index (χ4n) is 4.68. The van der Waals surface area contributed by atoms with Crippen LogP contribution in [0.3, 0.4) is 0 Å². The van der Waals surface area contributed by atoms with Gasteiger partial charge in [0.15, 0.2) is 5.13 Å². The molecular weight excluding hydrogens is 508 g/mol. The third-order valence-corrected chi connectivity index (χ3v) is 7.92. The molecular formula is C25H32Cl2FN5OS. The lowest BCUT2D eigenvalue weighted by Crippen LogP contribution is -2.31. The number of amides is 1. The third-order valence-electron chi connectivity index (χ3n) is 6.87. The Morgan fingerprint density at radius 2 is 1.83 bits per heavy atom. The van der Waals surface area contributed by atoms with Gasteiger partial charge in [0.1, 0.15) is 5.82 Å². The standard InChI is InChI=1S/C25H30FN5OS.2ClH/c1-17-21(16-27-31(17)20-10-8-19(26)9-11-20)24(32)29-25-28-23(18-6-5-7-18)22(33-25)12-15-30-13-3-2-4-14-30;;/h8-11,16,18H,2-7,12-15H2,1H3,(H,28,29,32);2*1H.